The summed E-state index contributed by atoms with van der Waals surface area (Å²) in [6.07, 6.45) is 1.87. The summed E-state index contributed by atoms with van der Waals surface area (Å²) >= 11 is 12.1. The first-order valence-corrected chi connectivity index (χ1v) is 9.67. The van der Waals surface area contributed by atoms with Crippen LogP contribution in [0.3, 0.4) is 0 Å². The number of para-hydroxylation sites is 1. The molecule has 0 radical (unpaired) electrons. The van der Waals surface area contributed by atoms with E-state index in [-0.39, 0.29) is 17.9 Å². The Balaban J connectivity index is 1.41. The van der Waals surface area contributed by atoms with Crippen molar-refractivity contribution < 1.29 is 14.3 Å². The van der Waals surface area contributed by atoms with Gasteiger partial charge >= 0.3 is 0 Å². The molecule has 0 saturated carbocycles. The van der Waals surface area contributed by atoms with E-state index in [1.807, 2.05) is 4.90 Å². The maximum atomic E-state index is 12.3. The molecule has 6 nitrogen and oxygen atoms in total. The van der Waals surface area contributed by atoms with Gasteiger partial charge in [0.1, 0.15) is 6.10 Å². The van der Waals surface area contributed by atoms with E-state index in [0.29, 0.717) is 48.4 Å². The van der Waals surface area contributed by atoms with Crippen LogP contribution >= 0.6 is 23.2 Å². The lowest BCUT2D eigenvalue weighted by molar-refractivity contribution is -0.142. The van der Waals surface area contributed by atoms with Crippen LogP contribution in [0.2, 0.25) is 10.0 Å². The Kier molecular flexibility index (Phi) is 6.75. The number of hydrogen-bond acceptors (Lipinski definition) is 4. The summed E-state index contributed by atoms with van der Waals surface area (Å²) in [6, 6.07) is 5.11. The van der Waals surface area contributed by atoms with Gasteiger partial charge in [-0.25, -0.2) is 0 Å². The highest BCUT2D eigenvalue weighted by atomic mass is 35.5. The molecule has 2 amide bonds. The predicted molar refractivity (Wildman–Crippen MR) is 102 cm³/mol. The second-order valence-electron chi connectivity index (χ2n) is 6.56. The van der Waals surface area contributed by atoms with Crippen LogP contribution in [0.1, 0.15) is 19.3 Å². The van der Waals surface area contributed by atoms with E-state index in [1.165, 1.54) is 0 Å². The highest BCUT2D eigenvalue weighted by Crippen LogP contribution is 2.29. The zero-order valence-electron chi connectivity index (χ0n) is 14.5. The van der Waals surface area contributed by atoms with Gasteiger partial charge < -0.3 is 15.0 Å². The molecule has 142 valence electrons. The maximum Gasteiger partial charge on any atom is 0.251 e. The van der Waals surface area contributed by atoms with Crippen molar-refractivity contribution in [3.63, 3.8) is 0 Å². The minimum atomic E-state index is -0.257. The molecule has 1 aromatic carbocycles. The van der Waals surface area contributed by atoms with E-state index in [1.54, 1.807) is 18.2 Å². The second kappa shape index (κ2) is 9.04. The molecule has 2 aliphatic heterocycles. The number of ether oxygens (including phenoxy) is 1. The van der Waals surface area contributed by atoms with E-state index >= 15 is 0 Å². The van der Waals surface area contributed by atoms with Crippen molar-refractivity contribution in [3.8, 4) is 0 Å². The van der Waals surface area contributed by atoms with Crippen LogP contribution in [0.15, 0.2) is 18.2 Å². The molecule has 2 fully saturated rings. The van der Waals surface area contributed by atoms with Crippen LogP contribution in [0.4, 0.5) is 5.69 Å². The molecule has 26 heavy (non-hydrogen) atoms. The van der Waals surface area contributed by atoms with Crippen molar-refractivity contribution in [2.45, 2.75) is 25.4 Å². The van der Waals surface area contributed by atoms with Crippen LogP contribution in [0.25, 0.3) is 0 Å². The molecule has 1 N–H and O–H groups in total. The number of piperazine rings is 1. The first-order chi connectivity index (χ1) is 12.5. The van der Waals surface area contributed by atoms with E-state index in [0.717, 1.165) is 25.9 Å². The van der Waals surface area contributed by atoms with Crippen LogP contribution in [0, 0.1) is 0 Å². The first-order valence-electron chi connectivity index (χ1n) is 8.91. The smallest absolute Gasteiger partial charge is 0.251 e. The molecular weight excluding hydrogens is 377 g/mol. The number of rotatable bonds is 5. The van der Waals surface area contributed by atoms with Crippen molar-refractivity contribution in [2.75, 3.05) is 44.6 Å². The van der Waals surface area contributed by atoms with Gasteiger partial charge in [0, 0.05) is 45.8 Å². The van der Waals surface area contributed by atoms with Gasteiger partial charge in [0.05, 0.1) is 15.7 Å². The molecule has 3 rings (SSSR count). The number of carbonyl (C=O) groups is 2. The minimum absolute atomic E-state index is 0.105. The third kappa shape index (κ3) is 4.88. The number of amides is 2. The SMILES string of the molecule is O=C(CCN1CCN(C(=O)[C@H]2CCCO2)CC1)Nc1c(Cl)cccc1Cl. The van der Waals surface area contributed by atoms with Gasteiger partial charge in [0.15, 0.2) is 0 Å². The molecule has 0 bridgehead atoms. The third-order valence-corrected chi connectivity index (χ3v) is 5.40. The lowest BCUT2D eigenvalue weighted by Crippen LogP contribution is -2.51. The van der Waals surface area contributed by atoms with Gasteiger partial charge in [-0.05, 0) is 25.0 Å². The van der Waals surface area contributed by atoms with Gasteiger partial charge in [-0.2, -0.15) is 0 Å². The number of anilines is 1. The topological polar surface area (TPSA) is 61.9 Å². The average Bonchev–Trinajstić information content (AvgIpc) is 3.18. The zero-order valence-corrected chi connectivity index (χ0v) is 16.1. The fourth-order valence-corrected chi connectivity index (χ4v) is 3.74. The lowest BCUT2D eigenvalue weighted by atomic mass is 10.2. The Morgan fingerprint density at radius 1 is 1.15 bits per heavy atom. The van der Waals surface area contributed by atoms with Crippen molar-refractivity contribution >= 4 is 40.7 Å². The van der Waals surface area contributed by atoms with E-state index in [2.05, 4.69) is 10.2 Å². The van der Waals surface area contributed by atoms with Gasteiger partial charge in [0.2, 0.25) is 5.91 Å². The molecule has 2 saturated heterocycles. The van der Waals surface area contributed by atoms with Crippen LogP contribution < -0.4 is 5.32 Å². The molecule has 8 heteroatoms. The van der Waals surface area contributed by atoms with E-state index in [4.69, 9.17) is 27.9 Å². The standard InChI is InChI=1S/C18H23Cl2N3O3/c19-13-3-1-4-14(20)17(13)21-16(24)6-7-22-8-10-23(11-9-22)18(25)15-5-2-12-26-15/h1,3-4,15H,2,5-12H2,(H,21,24)/t15-/m1/s1. The number of carbonyl (C=O) groups excluding carboxylic acids is 2. The van der Waals surface area contributed by atoms with E-state index < -0.39 is 0 Å². The number of nitrogens with zero attached hydrogens (tertiary/aromatic N) is 2. The number of hydrogen-bond donors (Lipinski definition) is 1. The Morgan fingerprint density at radius 2 is 1.85 bits per heavy atom. The normalized spacial score (nSPS) is 21.0. The number of nitrogens with one attached hydrogen (secondary N) is 1. The van der Waals surface area contributed by atoms with Gasteiger partial charge in [-0.3, -0.25) is 14.5 Å². The maximum absolute atomic E-state index is 12.3. The quantitative estimate of drug-likeness (QED) is 0.826. The first kappa shape index (κ1) is 19.4. The molecule has 0 aliphatic carbocycles. The Labute approximate surface area is 163 Å². The van der Waals surface area contributed by atoms with Crippen LogP contribution in [-0.4, -0.2) is 67.0 Å². The van der Waals surface area contributed by atoms with Crippen LogP contribution in [-0.2, 0) is 14.3 Å². The largest absolute Gasteiger partial charge is 0.368 e. The highest BCUT2D eigenvalue weighted by Gasteiger charge is 2.30. The number of benzene rings is 1. The van der Waals surface area contributed by atoms with Crippen molar-refractivity contribution in [2.24, 2.45) is 0 Å². The fraction of sp³-hybridized carbons (Fsp3) is 0.556. The Bertz CT molecular complexity index is 637. The fourth-order valence-electron chi connectivity index (χ4n) is 3.25. The van der Waals surface area contributed by atoms with Crippen molar-refractivity contribution in [3.05, 3.63) is 28.2 Å². The molecule has 1 aromatic rings. The predicted octanol–water partition coefficient (Wildman–Crippen LogP) is 2.65. The molecule has 1 atom stereocenters. The van der Waals surface area contributed by atoms with Gasteiger partial charge in [-0.1, -0.05) is 29.3 Å². The zero-order chi connectivity index (χ0) is 18.5. The second-order valence-corrected chi connectivity index (χ2v) is 7.38. The molecule has 0 aromatic heterocycles. The van der Waals surface area contributed by atoms with Crippen LogP contribution in [0.5, 0.6) is 0 Å². The van der Waals surface area contributed by atoms with Gasteiger partial charge in [0.25, 0.3) is 5.91 Å². The summed E-state index contributed by atoms with van der Waals surface area (Å²) in [4.78, 5) is 28.6. The minimum Gasteiger partial charge on any atom is -0.368 e. The third-order valence-electron chi connectivity index (χ3n) is 4.77. The van der Waals surface area contributed by atoms with E-state index in [9.17, 15) is 9.59 Å². The Morgan fingerprint density at radius 3 is 2.46 bits per heavy atom. The molecule has 0 spiro atoms. The monoisotopic (exact) mass is 399 g/mol. The summed E-state index contributed by atoms with van der Waals surface area (Å²) in [7, 11) is 0. The molecule has 0 unspecified atom stereocenters. The van der Waals surface area contributed by atoms with Crippen molar-refractivity contribution in [1.82, 2.24) is 9.80 Å². The summed E-state index contributed by atoms with van der Waals surface area (Å²) < 4.78 is 5.47. The molecule has 2 aliphatic rings. The summed E-state index contributed by atoms with van der Waals surface area (Å²) in [5.41, 5.74) is 0.452. The highest BCUT2D eigenvalue weighted by molar-refractivity contribution is 6.39. The summed E-state index contributed by atoms with van der Waals surface area (Å²) in [5, 5.41) is 3.62. The molecule has 2 heterocycles. The molecular formula is C18H23Cl2N3O3. The van der Waals surface area contributed by atoms with Crippen molar-refractivity contribution in [1.29, 1.82) is 0 Å². The summed E-state index contributed by atoms with van der Waals surface area (Å²) in [6.45, 7) is 4.20. The number of halogens is 2. The Hall–Kier alpha value is -1.34. The lowest BCUT2D eigenvalue weighted by Gasteiger charge is -2.35. The summed E-state index contributed by atoms with van der Waals surface area (Å²) in [5.74, 6) is -0.0221. The average molecular weight is 400 g/mol. The van der Waals surface area contributed by atoms with Gasteiger partial charge in [-0.15, -0.1) is 0 Å².